The van der Waals surface area contributed by atoms with Gasteiger partial charge in [0.25, 0.3) is 0 Å². The average Bonchev–Trinajstić information content (AvgIpc) is 3.10. The SMILES string of the molecule is [CH2-][n+]1ccccc1-c1cc(-c2cc(C)cc(-c3cc(-c4ccccn4)[n+]([CH2-])c(-c4ccccn4)c3)c2)cc(-c2ccccn2)[n+]1[CH2-]. The monoisotopic (exact) mass is 596 g/mol. The number of nitrogens with zero attached hydrogens (tertiary/aromatic N) is 6. The first kappa shape index (κ1) is 28.5. The summed E-state index contributed by atoms with van der Waals surface area (Å²) in [6.45, 7) is 2.13. The van der Waals surface area contributed by atoms with Crippen molar-refractivity contribution in [3.63, 3.8) is 0 Å². The van der Waals surface area contributed by atoms with E-state index in [9.17, 15) is 0 Å². The van der Waals surface area contributed by atoms with Gasteiger partial charge in [-0.3, -0.25) is 15.0 Å². The quantitative estimate of drug-likeness (QED) is 0.154. The summed E-state index contributed by atoms with van der Waals surface area (Å²) in [5, 5.41) is 0. The number of hydrogen-bond acceptors (Lipinski definition) is 3. The van der Waals surface area contributed by atoms with Crippen LogP contribution in [-0.2, 0) is 0 Å². The fraction of sp³-hybridized carbons (Fsp3) is 0.0250. The lowest BCUT2D eigenvalue weighted by Gasteiger charge is -2.19. The molecule has 0 N–H and O–H groups in total. The van der Waals surface area contributed by atoms with E-state index in [1.54, 1.807) is 18.6 Å². The lowest BCUT2D eigenvalue weighted by Crippen LogP contribution is -2.38. The van der Waals surface area contributed by atoms with Gasteiger partial charge < -0.3 is 13.7 Å². The summed E-state index contributed by atoms with van der Waals surface area (Å²) in [5.41, 5.74) is 12.4. The van der Waals surface area contributed by atoms with Crippen molar-refractivity contribution in [3.05, 3.63) is 167 Å². The van der Waals surface area contributed by atoms with Crippen molar-refractivity contribution in [2.45, 2.75) is 6.92 Å². The van der Waals surface area contributed by atoms with Crippen molar-refractivity contribution in [1.29, 1.82) is 0 Å². The highest BCUT2D eigenvalue weighted by atomic mass is 15.0. The van der Waals surface area contributed by atoms with Crippen LogP contribution in [0, 0.1) is 28.1 Å². The number of hydrogen-bond donors (Lipinski definition) is 0. The molecule has 0 amide bonds. The molecule has 46 heavy (non-hydrogen) atoms. The maximum Gasteiger partial charge on any atom is 0.131 e. The zero-order chi connectivity index (χ0) is 31.6. The van der Waals surface area contributed by atoms with E-state index < -0.39 is 0 Å². The molecule has 6 heterocycles. The normalized spacial score (nSPS) is 11.0. The lowest BCUT2D eigenvalue weighted by molar-refractivity contribution is -0.627. The van der Waals surface area contributed by atoms with E-state index in [-0.39, 0.29) is 0 Å². The summed E-state index contributed by atoms with van der Waals surface area (Å²) < 4.78 is 5.71. The highest BCUT2D eigenvalue weighted by molar-refractivity contribution is 5.79. The Morgan fingerprint density at radius 2 is 0.848 bits per heavy atom. The van der Waals surface area contributed by atoms with Gasteiger partial charge in [-0.2, -0.15) is 0 Å². The van der Waals surface area contributed by atoms with Crippen molar-refractivity contribution >= 4 is 0 Å². The predicted molar refractivity (Wildman–Crippen MR) is 180 cm³/mol. The number of rotatable bonds is 6. The summed E-state index contributed by atoms with van der Waals surface area (Å²) >= 11 is 0. The Hall–Kier alpha value is -6.27. The van der Waals surface area contributed by atoms with Crippen LogP contribution in [0.4, 0.5) is 0 Å². The predicted octanol–water partition coefficient (Wildman–Crippen LogP) is 6.96. The van der Waals surface area contributed by atoms with Gasteiger partial charge in [0, 0.05) is 39.7 Å². The van der Waals surface area contributed by atoms with Gasteiger partial charge in [-0.15, -0.1) is 0 Å². The summed E-state index contributed by atoms with van der Waals surface area (Å²) in [7, 11) is 13.1. The van der Waals surface area contributed by atoms with Crippen LogP contribution in [0.15, 0.2) is 140 Å². The van der Waals surface area contributed by atoms with E-state index in [0.717, 1.165) is 73.4 Å². The van der Waals surface area contributed by atoms with Gasteiger partial charge in [0.05, 0.1) is 23.3 Å². The highest BCUT2D eigenvalue weighted by Crippen LogP contribution is 2.34. The molecule has 7 aromatic rings. The molecule has 0 saturated carbocycles. The molecule has 1 aromatic carbocycles. The Labute approximate surface area is 269 Å². The Morgan fingerprint density at radius 1 is 0.435 bits per heavy atom. The molecule has 0 bridgehead atoms. The molecule has 6 nitrogen and oxygen atoms in total. The molecule has 7 rings (SSSR count). The first-order chi connectivity index (χ1) is 22.5. The van der Waals surface area contributed by atoms with Gasteiger partial charge in [0.1, 0.15) is 28.5 Å². The Morgan fingerprint density at radius 3 is 1.28 bits per heavy atom. The fourth-order valence-electron chi connectivity index (χ4n) is 5.79. The van der Waals surface area contributed by atoms with E-state index in [0.29, 0.717) is 0 Å². The minimum absolute atomic E-state index is 0.835. The molecule has 6 aromatic heterocycles. The topological polar surface area (TPSA) is 50.3 Å². The Bertz CT molecular complexity index is 2120. The Balaban J connectivity index is 1.45. The smallest absolute Gasteiger partial charge is 0.131 e. The Kier molecular flexibility index (Phi) is 7.45. The minimum atomic E-state index is 0.835. The average molecular weight is 597 g/mol. The molecule has 0 radical (unpaired) electrons. The molecular formula is C40H32N6. The molecule has 0 unspecified atom stereocenters. The lowest BCUT2D eigenvalue weighted by atomic mass is 9.94. The minimum Gasteiger partial charge on any atom is -0.339 e. The van der Waals surface area contributed by atoms with E-state index >= 15 is 0 Å². The van der Waals surface area contributed by atoms with E-state index in [4.69, 9.17) is 0 Å². The van der Waals surface area contributed by atoms with Crippen molar-refractivity contribution in [2.24, 2.45) is 0 Å². The fourth-order valence-corrected chi connectivity index (χ4v) is 5.79. The zero-order valence-corrected chi connectivity index (χ0v) is 25.6. The molecular weight excluding hydrogens is 564 g/mol. The van der Waals surface area contributed by atoms with Crippen LogP contribution in [0.3, 0.4) is 0 Å². The van der Waals surface area contributed by atoms with Crippen LogP contribution >= 0.6 is 0 Å². The first-order valence-corrected chi connectivity index (χ1v) is 15.0. The molecule has 0 aliphatic carbocycles. The summed E-state index contributed by atoms with van der Waals surface area (Å²) in [6, 6.07) is 39.0. The van der Waals surface area contributed by atoms with Crippen LogP contribution in [0.5, 0.6) is 0 Å². The van der Waals surface area contributed by atoms with Gasteiger partial charge in [-0.25, -0.2) is 0 Å². The highest BCUT2D eigenvalue weighted by Gasteiger charge is 2.18. The van der Waals surface area contributed by atoms with Crippen molar-refractivity contribution in [2.75, 3.05) is 0 Å². The second-order valence-electron chi connectivity index (χ2n) is 11.2. The van der Waals surface area contributed by atoms with E-state index in [1.807, 2.05) is 92.7 Å². The van der Waals surface area contributed by atoms with Crippen LogP contribution in [0.25, 0.3) is 67.8 Å². The number of aromatic nitrogens is 6. The van der Waals surface area contributed by atoms with E-state index in [1.165, 1.54) is 0 Å². The van der Waals surface area contributed by atoms with Crippen LogP contribution in [0.2, 0.25) is 0 Å². The molecule has 0 atom stereocenters. The van der Waals surface area contributed by atoms with Crippen LogP contribution < -0.4 is 13.7 Å². The first-order valence-electron chi connectivity index (χ1n) is 15.0. The number of pyridine rings is 6. The molecule has 222 valence electrons. The van der Waals surface area contributed by atoms with Gasteiger partial charge in [0.2, 0.25) is 0 Å². The largest absolute Gasteiger partial charge is 0.339 e. The third-order valence-electron chi connectivity index (χ3n) is 8.06. The van der Waals surface area contributed by atoms with Crippen molar-refractivity contribution < 1.29 is 13.7 Å². The zero-order valence-electron chi connectivity index (χ0n) is 25.6. The molecule has 0 saturated heterocycles. The van der Waals surface area contributed by atoms with Crippen molar-refractivity contribution in [3.8, 4) is 67.8 Å². The van der Waals surface area contributed by atoms with Gasteiger partial charge in [-0.05, 0) is 101 Å². The molecule has 0 aliphatic heterocycles. The maximum atomic E-state index is 4.67. The van der Waals surface area contributed by atoms with Crippen molar-refractivity contribution in [1.82, 2.24) is 15.0 Å². The molecule has 0 aliphatic rings. The second kappa shape index (κ2) is 12.0. The summed E-state index contributed by atoms with van der Waals surface area (Å²) in [6.07, 6.45) is 7.35. The van der Waals surface area contributed by atoms with Gasteiger partial charge in [0.15, 0.2) is 0 Å². The maximum absolute atomic E-state index is 4.67. The standard InChI is InChI=1S/C40H32N6/c1-28-21-29(31-24-37(33-13-5-9-17-41-33)45(3)38(25-31)34-14-6-10-18-42-34)23-30(22-28)32-26-39(35-15-7-11-19-43-35)46(4)40(27-32)36-16-8-12-20-44(36)2/h5-27H,2-4H2,1H3. The number of aryl methyl sites for hydroxylation is 1. The molecule has 0 fully saturated rings. The molecule has 6 heteroatoms. The molecule has 0 spiro atoms. The van der Waals surface area contributed by atoms with Crippen LogP contribution in [-0.4, -0.2) is 15.0 Å². The van der Waals surface area contributed by atoms with Gasteiger partial charge in [-0.1, -0.05) is 48.5 Å². The third-order valence-corrected chi connectivity index (χ3v) is 8.06. The second-order valence-corrected chi connectivity index (χ2v) is 11.2. The summed E-state index contributed by atoms with van der Waals surface area (Å²) in [5.74, 6) is 0. The van der Waals surface area contributed by atoms with Gasteiger partial charge >= 0.3 is 0 Å². The van der Waals surface area contributed by atoms with E-state index in [2.05, 4.69) is 85.5 Å². The summed E-state index contributed by atoms with van der Waals surface area (Å²) in [4.78, 5) is 14.0. The third kappa shape index (κ3) is 5.44. The number of benzene rings is 1. The van der Waals surface area contributed by atoms with Crippen LogP contribution in [0.1, 0.15) is 5.56 Å².